The third kappa shape index (κ3) is 9.56. The predicted molar refractivity (Wildman–Crippen MR) is 205 cm³/mol. The van der Waals surface area contributed by atoms with Crippen molar-refractivity contribution >= 4 is 41.5 Å². The van der Waals surface area contributed by atoms with Crippen LogP contribution in [0.15, 0.2) is 42.7 Å². The Kier molecular flexibility index (Phi) is 12.1. The fraction of sp³-hybridized carbons (Fsp3) is 0.500. The number of nitrogens with zero attached hydrogens (tertiary/aromatic N) is 4. The van der Waals surface area contributed by atoms with Crippen molar-refractivity contribution in [3.63, 3.8) is 0 Å². The number of carbonyl (C=O) groups is 4. The van der Waals surface area contributed by atoms with Gasteiger partial charge in [-0.05, 0) is 109 Å². The number of nitrogens with one attached hydrogen (secondary N) is 2. The third-order valence-corrected chi connectivity index (χ3v) is 9.26. The number of ether oxygens (including phenoxy) is 4. The molecule has 0 atom stereocenters. The van der Waals surface area contributed by atoms with Crippen LogP contribution in [0.5, 0.6) is 11.5 Å². The second-order valence-corrected chi connectivity index (χ2v) is 15.8. The lowest BCUT2D eigenvalue weighted by atomic mass is 9.76. The molecule has 0 unspecified atom stereocenters. The van der Waals surface area contributed by atoms with Gasteiger partial charge in [-0.25, -0.2) is 24.4 Å². The molecule has 1 aliphatic heterocycles. The van der Waals surface area contributed by atoms with Crippen molar-refractivity contribution in [2.24, 2.45) is 0 Å². The van der Waals surface area contributed by atoms with E-state index in [2.05, 4.69) is 20.6 Å². The van der Waals surface area contributed by atoms with Crippen molar-refractivity contribution in [3.05, 3.63) is 65.0 Å². The summed E-state index contributed by atoms with van der Waals surface area (Å²) in [5.74, 6) is 0.304. The van der Waals surface area contributed by atoms with Gasteiger partial charge in [0.05, 0.1) is 19.3 Å². The van der Waals surface area contributed by atoms with Gasteiger partial charge in [0.15, 0.2) is 11.6 Å². The highest BCUT2D eigenvalue weighted by Gasteiger charge is 2.50. The molecule has 0 saturated heterocycles. The normalized spacial score (nSPS) is 14.9. The zero-order valence-corrected chi connectivity index (χ0v) is 32.9. The third-order valence-electron chi connectivity index (χ3n) is 9.26. The highest BCUT2D eigenvalue weighted by atomic mass is 16.6. The van der Waals surface area contributed by atoms with Gasteiger partial charge in [0.25, 0.3) is 5.91 Å². The molecule has 1 spiro atoms. The summed E-state index contributed by atoms with van der Waals surface area (Å²) in [6.07, 6.45) is 2.62. The van der Waals surface area contributed by atoms with Crippen LogP contribution in [0.1, 0.15) is 107 Å². The largest absolute Gasteiger partial charge is 0.497 e. The van der Waals surface area contributed by atoms with E-state index in [-0.39, 0.29) is 36.4 Å². The number of amides is 4. The number of alkyl carbamates (subject to hydrolysis) is 1. The Morgan fingerprint density at radius 2 is 1.64 bits per heavy atom. The molecule has 15 nitrogen and oxygen atoms in total. The van der Waals surface area contributed by atoms with Crippen molar-refractivity contribution in [3.8, 4) is 11.5 Å². The Hall–Kier alpha value is -5.60. The molecule has 1 aliphatic carbocycles. The molecule has 1 fully saturated rings. The summed E-state index contributed by atoms with van der Waals surface area (Å²) in [6, 6.07) is 11.5. The van der Waals surface area contributed by atoms with E-state index in [1.807, 2.05) is 48.2 Å². The van der Waals surface area contributed by atoms with Gasteiger partial charge in [0.2, 0.25) is 5.75 Å². The van der Waals surface area contributed by atoms with Crippen LogP contribution >= 0.6 is 0 Å². The molecule has 2 aromatic carbocycles. The lowest BCUT2D eigenvalue weighted by molar-refractivity contribution is 0.0386. The Morgan fingerprint density at radius 3 is 2.25 bits per heavy atom. The molecule has 0 bridgehead atoms. The van der Waals surface area contributed by atoms with E-state index < -0.39 is 35.0 Å². The minimum Gasteiger partial charge on any atom is -0.497 e. The molecule has 3 aromatic rings. The molecule has 3 N–H and O–H groups in total. The molecule has 15 heteroatoms. The number of rotatable bonds is 11. The first-order chi connectivity index (χ1) is 25.9. The van der Waals surface area contributed by atoms with Crippen LogP contribution in [-0.2, 0) is 21.6 Å². The number of fused-ring (bicyclic) bond motifs is 2. The topological polar surface area (TPSA) is 182 Å². The number of aromatic nitrogens is 2. The lowest BCUT2D eigenvalue weighted by Crippen LogP contribution is -2.44. The van der Waals surface area contributed by atoms with Crippen molar-refractivity contribution in [1.29, 1.82) is 0 Å². The first-order valence-electron chi connectivity index (χ1n) is 18.5. The fourth-order valence-corrected chi connectivity index (χ4v) is 6.99. The molecule has 55 heavy (non-hydrogen) atoms. The maximum atomic E-state index is 14.3. The summed E-state index contributed by atoms with van der Waals surface area (Å²) in [5.41, 5.74) is 1.71. The van der Waals surface area contributed by atoms with E-state index in [0.717, 1.165) is 60.9 Å². The van der Waals surface area contributed by atoms with Crippen LogP contribution in [0, 0.1) is 6.92 Å². The molecule has 2 aliphatic rings. The smallest absolute Gasteiger partial charge is 0.425 e. The quantitative estimate of drug-likeness (QED) is 0.160. The molecule has 0 radical (unpaired) electrons. The summed E-state index contributed by atoms with van der Waals surface area (Å²) < 4.78 is 22.2. The van der Waals surface area contributed by atoms with Gasteiger partial charge in [-0.1, -0.05) is 31.4 Å². The van der Waals surface area contributed by atoms with Crippen molar-refractivity contribution < 1.29 is 43.2 Å². The highest BCUT2D eigenvalue weighted by Crippen LogP contribution is 2.51. The van der Waals surface area contributed by atoms with Gasteiger partial charge in [0.1, 0.15) is 23.3 Å². The Bertz CT molecular complexity index is 1900. The number of hydrogen-bond acceptors (Lipinski definition) is 11. The number of anilines is 3. The highest BCUT2D eigenvalue weighted by molar-refractivity contribution is 6.09. The summed E-state index contributed by atoms with van der Waals surface area (Å²) in [5, 5.41) is 16.2. The number of imide groups is 1. The van der Waals surface area contributed by atoms with E-state index in [0.29, 0.717) is 29.1 Å². The fourth-order valence-electron chi connectivity index (χ4n) is 6.99. The minimum atomic E-state index is -1.64. The summed E-state index contributed by atoms with van der Waals surface area (Å²) >= 11 is 0. The second kappa shape index (κ2) is 16.4. The summed E-state index contributed by atoms with van der Waals surface area (Å²) in [4.78, 5) is 63.2. The van der Waals surface area contributed by atoms with Gasteiger partial charge in [-0.2, -0.15) is 4.90 Å². The molecule has 2 heterocycles. The standard InChI is InChI=1S/C40H52N6O9/c1-25-21-27(22-29-30(25)34(47)45(40(29)17-10-9-11-18-40)23-26-13-15-28(52-8)16-14-26)44-32-31(53-20-12-19-41-35(48)54-38(2,3)4)33(43-24-42-32)46(36(49)50)37(51)55-39(5,6)7/h13-16,21-22,24H,9-12,17-20,23H2,1-8H3,(H,41,48)(H,49,50)(H,42,43,44). The van der Waals surface area contributed by atoms with Gasteiger partial charge < -0.3 is 39.6 Å². The van der Waals surface area contributed by atoms with Gasteiger partial charge in [-0.15, -0.1) is 0 Å². The average molecular weight is 761 g/mol. The lowest BCUT2D eigenvalue weighted by Gasteiger charge is -2.42. The molecule has 5 rings (SSSR count). The number of benzene rings is 2. The zero-order valence-electron chi connectivity index (χ0n) is 32.9. The van der Waals surface area contributed by atoms with E-state index in [1.54, 1.807) is 48.7 Å². The second-order valence-electron chi connectivity index (χ2n) is 15.8. The number of hydrogen-bond donors (Lipinski definition) is 3. The molecular weight excluding hydrogens is 708 g/mol. The number of aryl methyl sites for hydroxylation is 1. The predicted octanol–water partition coefficient (Wildman–Crippen LogP) is 8.07. The maximum absolute atomic E-state index is 14.3. The Labute approximate surface area is 321 Å². The number of methoxy groups -OCH3 is 1. The number of carboxylic acid groups (broad SMARTS) is 1. The van der Waals surface area contributed by atoms with E-state index >= 15 is 0 Å². The summed E-state index contributed by atoms with van der Waals surface area (Å²) in [6.45, 7) is 12.6. The van der Waals surface area contributed by atoms with E-state index in [9.17, 15) is 24.3 Å². The van der Waals surface area contributed by atoms with Crippen LogP contribution in [0.3, 0.4) is 0 Å². The van der Waals surface area contributed by atoms with E-state index in [1.165, 1.54) is 0 Å². The number of carbonyl (C=O) groups excluding carboxylic acids is 3. The molecule has 1 saturated carbocycles. The molecule has 4 amide bonds. The van der Waals surface area contributed by atoms with Crippen LogP contribution in [0.25, 0.3) is 0 Å². The SMILES string of the molecule is COc1ccc(CN2C(=O)c3c(C)cc(Nc4ncnc(N(C(=O)O)C(=O)OC(C)(C)C)c4OCCCNC(=O)OC(C)(C)C)cc3C23CCCCC3)cc1. The minimum absolute atomic E-state index is 0.0201. The van der Waals surface area contributed by atoms with Gasteiger partial charge in [-0.3, -0.25) is 4.79 Å². The first kappa shape index (κ1) is 40.6. The van der Waals surface area contributed by atoms with Crippen LogP contribution in [0.4, 0.5) is 31.7 Å². The summed E-state index contributed by atoms with van der Waals surface area (Å²) in [7, 11) is 1.62. The average Bonchev–Trinajstić information content (AvgIpc) is 3.30. The molecule has 296 valence electrons. The first-order valence-corrected chi connectivity index (χ1v) is 18.5. The van der Waals surface area contributed by atoms with Crippen molar-refractivity contribution in [2.75, 3.05) is 30.5 Å². The monoisotopic (exact) mass is 760 g/mol. The zero-order chi connectivity index (χ0) is 40.1. The van der Waals surface area contributed by atoms with Gasteiger partial charge >= 0.3 is 18.3 Å². The van der Waals surface area contributed by atoms with Crippen LogP contribution < -0.4 is 25.0 Å². The van der Waals surface area contributed by atoms with Crippen molar-refractivity contribution in [1.82, 2.24) is 20.2 Å². The maximum Gasteiger partial charge on any atom is 0.425 e. The van der Waals surface area contributed by atoms with Crippen LogP contribution in [0.2, 0.25) is 0 Å². The Balaban J connectivity index is 1.49. The molecule has 1 aromatic heterocycles. The Morgan fingerprint density at radius 1 is 0.964 bits per heavy atom. The van der Waals surface area contributed by atoms with Gasteiger partial charge in [0, 0.05) is 24.3 Å². The van der Waals surface area contributed by atoms with Crippen LogP contribution in [-0.4, -0.2) is 75.6 Å². The van der Waals surface area contributed by atoms with E-state index in [4.69, 9.17) is 18.9 Å². The molecular formula is C40H52N6O9. The van der Waals surface area contributed by atoms with Crippen molar-refractivity contribution in [2.45, 2.75) is 110 Å².